The van der Waals surface area contributed by atoms with Crippen LogP contribution in [-0.4, -0.2) is 25.4 Å². The average Bonchev–Trinajstić information content (AvgIpc) is 2.67. The largest absolute Gasteiger partial charge is 0.497 e. The number of hydrogen-bond donors (Lipinski definition) is 2. The highest BCUT2D eigenvalue weighted by Gasteiger charge is 2.16. The fourth-order valence-electron chi connectivity index (χ4n) is 3.03. The second-order valence-electron chi connectivity index (χ2n) is 6.91. The van der Waals surface area contributed by atoms with Gasteiger partial charge in [0.25, 0.3) is 0 Å². The predicted molar refractivity (Wildman–Crippen MR) is 112 cm³/mol. The van der Waals surface area contributed by atoms with Crippen LogP contribution in [0, 0.1) is 5.92 Å². The summed E-state index contributed by atoms with van der Waals surface area (Å²) in [6.07, 6.45) is 0.968. The van der Waals surface area contributed by atoms with Gasteiger partial charge in [0, 0.05) is 11.8 Å². The zero-order valence-corrected chi connectivity index (χ0v) is 16.8. The predicted octanol–water partition coefficient (Wildman–Crippen LogP) is 4.54. The molecule has 0 radical (unpaired) electrons. The van der Waals surface area contributed by atoms with Crippen LogP contribution in [0.4, 0.5) is 5.69 Å². The van der Waals surface area contributed by atoms with Crippen molar-refractivity contribution in [2.24, 2.45) is 5.92 Å². The van der Waals surface area contributed by atoms with Gasteiger partial charge >= 0.3 is 0 Å². The molecule has 1 aliphatic heterocycles. The minimum atomic E-state index is 0.119. The van der Waals surface area contributed by atoms with Crippen LogP contribution < -0.4 is 24.8 Å². The van der Waals surface area contributed by atoms with Crippen molar-refractivity contribution in [3.63, 3.8) is 0 Å². The zero-order valence-electron chi connectivity index (χ0n) is 16.0. The summed E-state index contributed by atoms with van der Waals surface area (Å²) in [4.78, 5) is 0. The molecule has 0 fully saturated rings. The van der Waals surface area contributed by atoms with Crippen LogP contribution >= 0.6 is 12.2 Å². The van der Waals surface area contributed by atoms with Crippen molar-refractivity contribution in [1.29, 1.82) is 0 Å². The Kier molecular flexibility index (Phi) is 6.40. The van der Waals surface area contributed by atoms with E-state index in [1.165, 1.54) is 5.56 Å². The average molecular weight is 387 g/mol. The van der Waals surface area contributed by atoms with Crippen molar-refractivity contribution in [2.75, 3.05) is 25.6 Å². The molecule has 0 saturated carbocycles. The highest BCUT2D eigenvalue weighted by molar-refractivity contribution is 7.80. The van der Waals surface area contributed by atoms with Gasteiger partial charge in [0.15, 0.2) is 16.6 Å². The number of anilines is 1. The van der Waals surface area contributed by atoms with E-state index in [1.807, 2.05) is 30.3 Å². The first-order chi connectivity index (χ1) is 13.0. The molecule has 0 aliphatic carbocycles. The van der Waals surface area contributed by atoms with Crippen molar-refractivity contribution < 1.29 is 14.2 Å². The van der Waals surface area contributed by atoms with Crippen LogP contribution in [0.15, 0.2) is 42.5 Å². The van der Waals surface area contributed by atoms with Crippen LogP contribution in [0.1, 0.15) is 31.9 Å². The normalized spacial score (nSPS) is 13.8. The number of thiocarbonyl (C=S) groups is 1. The number of hydrogen-bond acceptors (Lipinski definition) is 4. The van der Waals surface area contributed by atoms with Gasteiger partial charge in [-0.3, -0.25) is 0 Å². The molecule has 2 N–H and O–H groups in total. The molecular formula is C21H26N2O3S. The van der Waals surface area contributed by atoms with Gasteiger partial charge in [-0.1, -0.05) is 26.0 Å². The van der Waals surface area contributed by atoms with Gasteiger partial charge in [-0.05, 0) is 54.4 Å². The second kappa shape index (κ2) is 8.95. The smallest absolute Gasteiger partial charge is 0.171 e. The minimum absolute atomic E-state index is 0.119. The van der Waals surface area contributed by atoms with E-state index in [1.54, 1.807) is 7.11 Å². The highest BCUT2D eigenvalue weighted by atomic mass is 32.1. The lowest BCUT2D eigenvalue weighted by atomic mass is 9.97. The van der Waals surface area contributed by atoms with E-state index < -0.39 is 0 Å². The molecule has 1 unspecified atom stereocenters. The Labute approximate surface area is 166 Å². The van der Waals surface area contributed by atoms with E-state index in [4.69, 9.17) is 26.4 Å². The molecule has 6 heteroatoms. The molecule has 0 aromatic heterocycles. The maximum atomic E-state index is 5.63. The monoisotopic (exact) mass is 386 g/mol. The summed E-state index contributed by atoms with van der Waals surface area (Å²) in [5.74, 6) is 2.88. The molecule has 1 heterocycles. The highest BCUT2D eigenvalue weighted by Crippen LogP contribution is 2.32. The lowest BCUT2D eigenvalue weighted by Crippen LogP contribution is -2.33. The molecule has 0 saturated heterocycles. The number of benzene rings is 2. The molecule has 5 nitrogen and oxygen atoms in total. The van der Waals surface area contributed by atoms with E-state index in [0.717, 1.165) is 29.4 Å². The molecule has 0 amide bonds. The Balaban J connectivity index is 1.68. The molecule has 144 valence electrons. The molecular weight excluding hydrogens is 360 g/mol. The van der Waals surface area contributed by atoms with Crippen LogP contribution in [0.3, 0.4) is 0 Å². The van der Waals surface area contributed by atoms with Crippen LogP contribution in [0.2, 0.25) is 0 Å². The van der Waals surface area contributed by atoms with E-state index in [2.05, 4.69) is 36.6 Å². The lowest BCUT2D eigenvalue weighted by Gasteiger charge is -2.24. The van der Waals surface area contributed by atoms with Crippen molar-refractivity contribution in [1.82, 2.24) is 5.32 Å². The van der Waals surface area contributed by atoms with Gasteiger partial charge in [0.1, 0.15) is 19.0 Å². The summed E-state index contributed by atoms with van der Waals surface area (Å²) in [6, 6.07) is 14.0. The third kappa shape index (κ3) is 5.26. The van der Waals surface area contributed by atoms with E-state index in [9.17, 15) is 0 Å². The Morgan fingerprint density at radius 3 is 2.44 bits per heavy atom. The van der Waals surface area contributed by atoms with Crippen molar-refractivity contribution in [3.8, 4) is 17.2 Å². The summed E-state index contributed by atoms with van der Waals surface area (Å²) < 4.78 is 16.4. The maximum Gasteiger partial charge on any atom is 0.171 e. The lowest BCUT2D eigenvalue weighted by molar-refractivity contribution is 0.171. The van der Waals surface area contributed by atoms with Gasteiger partial charge in [0.05, 0.1) is 13.2 Å². The first-order valence-corrected chi connectivity index (χ1v) is 9.57. The van der Waals surface area contributed by atoms with Crippen LogP contribution in [0.25, 0.3) is 0 Å². The van der Waals surface area contributed by atoms with Crippen molar-refractivity contribution in [3.05, 3.63) is 48.0 Å². The number of ether oxygens (including phenoxy) is 3. The molecule has 0 bridgehead atoms. The number of methoxy groups -OCH3 is 1. The molecule has 0 spiro atoms. The third-order valence-corrected chi connectivity index (χ3v) is 4.55. The standard InChI is InChI=1S/C21H26N2O3S/c1-14(2)12-18(15-4-7-17(24-3)8-5-15)23-21(27)22-16-6-9-19-20(13-16)26-11-10-25-19/h4-9,13-14,18H,10-12H2,1-3H3,(H2,22,23,27). The summed E-state index contributed by atoms with van der Waals surface area (Å²) in [5.41, 5.74) is 2.05. The Hall–Kier alpha value is -2.47. The van der Waals surface area contributed by atoms with E-state index in [-0.39, 0.29) is 6.04 Å². The summed E-state index contributed by atoms with van der Waals surface area (Å²) in [5, 5.41) is 7.26. The minimum Gasteiger partial charge on any atom is -0.497 e. The maximum absolute atomic E-state index is 5.63. The molecule has 1 aliphatic rings. The quantitative estimate of drug-likeness (QED) is 0.711. The van der Waals surface area contributed by atoms with Gasteiger partial charge in [-0.15, -0.1) is 0 Å². The summed E-state index contributed by atoms with van der Waals surface area (Å²) in [7, 11) is 1.67. The fraction of sp³-hybridized carbons (Fsp3) is 0.381. The van der Waals surface area contributed by atoms with Gasteiger partial charge in [0.2, 0.25) is 0 Å². The Morgan fingerprint density at radius 2 is 1.78 bits per heavy atom. The first-order valence-electron chi connectivity index (χ1n) is 9.16. The van der Waals surface area contributed by atoms with Gasteiger partial charge in [-0.2, -0.15) is 0 Å². The molecule has 3 rings (SSSR count). The Morgan fingerprint density at radius 1 is 1.07 bits per heavy atom. The van der Waals surface area contributed by atoms with Crippen LogP contribution in [0.5, 0.6) is 17.2 Å². The third-order valence-electron chi connectivity index (χ3n) is 4.33. The van der Waals surface area contributed by atoms with E-state index in [0.29, 0.717) is 24.2 Å². The number of fused-ring (bicyclic) bond motifs is 1. The van der Waals surface area contributed by atoms with Crippen molar-refractivity contribution >= 4 is 23.0 Å². The van der Waals surface area contributed by atoms with E-state index >= 15 is 0 Å². The topological polar surface area (TPSA) is 51.8 Å². The van der Waals surface area contributed by atoms with Gasteiger partial charge in [-0.25, -0.2) is 0 Å². The number of rotatable bonds is 6. The fourth-order valence-corrected chi connectivity index (χ4v) is 3.29. The molecule has 1 atom stereocenters. The Bertz CT molecular complexity index is 777. The SMILES string of the molecule is COc1ccc(C(CC(C)C)NC(=S)Nc2ccc3c(c2)OCCO3)cc1. The summed E-state index contributed by atoms with van der Waals surface area (Å²) in [6.45, 7) is 5.55. The first kappa shape index (κ1) is 19.3. The van der Waals surface area contributed by atoms with Crippen LogP contribution in [-0.2, 0) is 0 Å². The van der Waals surface area contributed by atoms with Crippen molar-refractivity contribution in [2.45, 2.75) is 26.3 Å². The summed E-state index contributed by atoms with van der Waals surface area (Å²) >= 11 is 5.55. The molecule has 2 aromatic carbocycles. The zero-order chi connectivity index (χ0) is 19.2. The molecule has 2 aromatic rings. The van der Waals surface area contributed by atoms with Gasteiger partial charge < -0.3 is 24.8 Å². The number of nitrogens with one attached hydrogen (secondary N) is 2. The second-order valence-corrected chi connectivity index (χ2v) is 7.32. The molecule has 27 heavy (non-hydrogen) atoms.